The van der Waals surface area contributed by atoms with Crippen molar-refractivity contribution in [2.45, 2.75) is 19.4 Å². The Morgan fingerprint density at radius 1 is 1.53 bits per heavy atom. The summed E-state index contributed by atoms with van der Waals surface area (Å²) in [6.07, 6.45) is 3.28. The van der Waals surface area contributed by atoms with Crippen LogP contribution >= 0.6 is 0 Å². The van der Waals surface area contributed by atoms with E-state index in [1.807, 2.05) is 5.32 Å². The average molecular weight is 212 g/mol. The third-order valence-corrected chi connectivity index (χ3v) is 1.81. The fourth-order valence-electron chi connectivity index (χ4n) is 1.07. The fraction of sp³-hybridized carbons (Fsp3) is 0.444. The maximum absolute atomic E-state index is 11.1. The minimum absolute atomic E-state index is 0.144. The molecule has 0 bridgehead atoms. The molecule has 0 saturated carbocycles. The highest BCUT2D eigenvalue weighted by Gasteiger charge is 2.31. The highest BCUT2D eigenvalue weighted by molar-refractivity contribution is 6.05. The van der Waals surface area contributed by atoms with Crippen LogP contribution in [0, 0.1) is 0 Å². The first-order valence-corrected chi connectivity index (χ1v) is 4.51. The molecule has 0 radical (unpaired) electrons. The van der Waals surface area contributed by atoms with Crippen LogP contribution in [-0.2, 0) is 14.3 Å². The van der Waals surface area contributed by atoms with Gasteiger partial charge in [-0.3, -0.25) is 14.9 Å². The molecule has 1 atom stereocenters. The Balaban J connectivity index is 2.32. The summed E-state index contributed by atoms with van der Waals surface area (Å²) < 4.78 is 4.77. The molecule has 6 heteroatoms. The van der Waals surface area contributed by atoms with Crippen LogP contribution in [-0.4, -0.2) is 30.6 Å². The van der Waals surface area contributed by atoms with Gasteiger partial charge in [0.2, 0.25) is 0 Å². The van der Waals surface area contributed by atoms with E-state index in [2.05, 4.69) is 5.32 Å². The van der Waals surface area contributed by atoms with Crippen molar-refractivity contribution in [3.63, 3.8) is 0 Å². The first-order chi connectivity index (χ1) is 7.13. The van der Waals surface area contributed by atoms with Gasteiger partial charge in [-0.05, 0) is 6.92 Å². The summed E-state index contributed by atoms with van der Waals surface area (Å²) in [6, 6.07) is -1.39. The van der Waals surface area contributed by atoms with E-state index in [1.165, 1.54) is 0 Å². The maximum atomic E-state index is 11.1. The molecular formula is C9H12N2O4. The summed E-state index contributed by atoms with van der Waals surface area (Å²) in [4.78, 5) is 32.9. The summed E-state index contributed by atoms with van der Waals surface area (Å²) in [6.45, 7) is 1.98. The zero-order valence-electron chi connectivity index (χ0n) is 8.28. The average Bonchev–Trinajstić information content (AvgIpc) is 2.45. The topological polar surface area (TPSA) is 84.5 Å². The zero-order chi connectivity index (χ0) is 11.3. The molecule has 1 heterocycles. The van der Waals surface area contributed by atoms with E-state index in [0.29, 0.717) is 0 Å². The Bertz CT molecular complexity index is 311. The molecule has 1 aliphatic rings. The van der Waals surface area contributed by atoms with Crippen molar-refractivity contribution in [1.29, 1.82) is 0 Å². The van der Waals surface area contributed by atoms with Gasteiger partial charge in [-0.15, -0.1) is 0 Å². The Hall–Kier alpha value is -1.85. The highest BCUT2D eigenvalue weighted by Crippen LogP contribution is 2.00. The number of imide groups is 1. The van der Waals surface area contributed by atoms with Crippen LogP contribution in [0.4, 0.5) is 4.79 Å². The molecule has 2 N–H and O–H groups in total. The Morgan fingerprint density at radius 2 is 2.27 bits per heavy atom. The molecule has 0 spiro atoms. The largest absolute Gasteiger partial charge is 0.461 e. The standard InChI is InChI=1S/C9H12N2O4/c1-2-3-4-15-7(12)5-6-8(13)11-9(14)10-6/h2-3,6H,4-5H2,1H3,(H2,10,11,13,14)/b3-2+/t6-/m0/s1. The lowest BCUT2D eigenvalue weighted by atomic mass is 10.2. The number of allylic oxidation sites excluding steroid dienone is 1. The Labute approximate surface area is 86.7 Å². The fourth-order valence-corrected chi connectivity index (χ4v) is 1.07. The monoisotopic (exact) mass is 212 g/mol. The molecule has 1 saturated heterocycles. The lowest BCUT2D eigenvalue weighted by Gasteiger charge is -2.05. The predicted octanol–water partition coefficient (Wildman–Crippen LogP) is -0.296. The van der Waals surface area contributed by atoms with Gasteiger partial charge in [0.25, 0.3) is 5.91 Å². The summed E-state index contributed by atoms with van der Waals surface area (Å²) in [5.41, 5.74) is 0. The van der Waals surface area contributed by atoms with E-state index in [9.17, 15) is 14.4 Å². The summed E-state index contributed by atoms with van der Waals surface area (Å²) >= 11 is 0. The molecule has 1 aliphatic heterocycles. The Kier molecular flexibility index (Phi) is 3.84. The first-order valence-electron chi connectivity index (χ1n) is 4.51. The van der Waals surface area contributed by atoms with Gasteiger partial charge >= 0.3 is 12.0 Å². The number of urea groups is 1. The van der Waals surface area contributed by atoms with Crippen LogP contribution in [0.5, 0.6) is 0 Å². The van der Waals surface area contributed by atoms with Gasteiger partial charge in [0.05, 0.1) is 6.42 Å². The number of ether oxygens (including phenoxy) is 1. The summed E-state index contributed by atoms with van der Waals surface area (Å²) in [5, 5.41) is 4.34. The number of hydrogen-bond acceptors (Lipinski definition) is 4. The molecular weight excluding hydrogens is 200 g/mol. The second kappa shape index (κ2) is 5.14. The number of carbonyl (C=O) groups is 3. The van der Waals surface area contributed by atoms with Crippen molar-refractivity contribution in [2.75, 3.05) is 6.61 Å². The minimum atomic E-state index is -0.810. The van der Waals surface area contributed by atoms with E-state index in [-0.39, 0.29) is 13.0 Å². The lowest BCUT2D eigenvalue weighted by Crippen LogP contribution is -2.32. The number of hydrogen-bond donors (Lipinski definition) is 2. The van der Waals surface area contributed by atoms with Crippen LogP contribution in [0.1, 0.15) is 13.3 Å². The second-order valence-corrected chi connectivity index (χ2v) is 2.97. The molecule has 82 valence electrons. The Morgan fingerprint density at radius 3 is 2.80 bits per heavy atom. The third-order valence-electron chi connectivity index (χ3n) is 1.81. The van der Waals surface area contributed by atoms with E-state index in [0.717, 1.165) is 0 Å². The predicted molar refractivity (Wildman–Crippen MR) is 50.9 cm³/mol. The van der Waals surface area contributed by atoms with Crippen molar-refractivity contribution in [3.05, 3.63) is 12.2 Å². The number of esters is 1. The van der Waals surface area contributed by atoms with Crippen molar-refractivity contribution in [1.82, 2.24) is 10.6 Å². The normalized spacial score (nSPS) is 20.2. The summed E-state index contributed by atoms with van der Waals surface area (Å²) in [5.74, 6) is -1.02. The maximum Gasteiger partial charge on any atom is 0.322 e. The number of amides is 3. The van der Waals surface area contributed by atoms with Gasteiger partial charge in [0.1, 0.15) is 12.6 Å². The van der Waals surface area contributed by atoms with Crippen LogP contribution in [0.2, 0.25) is 0 Å². The number of carbonyl (C=O) groups excluding carboxylic acids is 3. The molecule has 15 heavy (non-hydrogen) atoms. The van der Waals surface area contributed by atoms with Gasteiger partial charge < -0.3 is 10.1 Å². The van der Waals surface area contributed by atoms with Gasteiger partial charge in [-0.1, -0.05) is 12.2 Å². The van der Waals surface area contributed by atoms with Gasteiger partial charge in [-0.25, -0.2) is 4.79 Å². The molecule has 1 fully saturated rings. The molecule has 3 amide bonds. The molecule has 1 rings (SSSR count). The summed E-state index contributed by atoms with van der Waals surface area (Å²) in [7, 11) is 0. The molecule has 0 aromatic rings. The molecule has 0 aromatic carbocycles. The van der Waals surface area contributed by atoms with E-state index in [1.54, 1.807) is 19.1 Å². The van der Waals surface area contributed by atoms with Gasteiger partial charge in [0, 0.05) is 0 Å². The zero-order valence-corrected chi connectivity index (χ0v) is 8.28. The number of rotatable bonds is 4. The van der Waals surface area contributed by atoms with Crippen molar-refractivity contribution >= 4 is 17.9 Å². The van der Waals surface area contributed by atoms with Crippen LogP contribution < -0.4 is 10.6 Å². The molecule has 0 aliphatic carbocycles. The lowest BCUT2D eigenvalue weighted by molar-refractivity contribution is -0.144. The van der Waals surface area contributed by atoms with Crippen molar-refractivity contribution < 1.29 is 19.1 Å². The van der Waals surface area contributed by atoms with Crippen molar-refractivity contribution in [3.8, 4) is 0 Å². The number of nitrogens with one attached hydrogen (secondary N) is 2. The smallest absolute Gasteiger partial charge is 0.322 e. The van der Waals surface area contributed by atoms with Crippen molar-refractivity contribution in [2.24, 2.45) is 0 Å². The van der Waals surface area contributed by atoms with Crippen LogP contribution in [0.3, 0.4) is 0 Å². The van der Waals surface area contributed by atoms with Gasteiger partial charge in [-0.2, -0.15) is 0 Å². The van der Waals surface area contributed by atoms with Crippen LogP contribution in [0.15, 0.2) is 12.2 Å². The quantitative estimate of drug-likeness (QED) is 0.381. The van der Waals surface area contributed by atoms with E-state index < -0.39 is 23.9 Å². The SMILES string of the molecule is C/C=C/COC(=O)C[C@@H]1NC(=O)NC1=O. The van der Waals surface area contributed by atoms with Gasteiger partial charge in [0.15, 0.2) is 0 Å². The minimum Gasteiger partial charge on any atom is -0.461 e. The third kappa shape index (κ3) is 3.41. The van der Waals surface area contributed by atoms with E-state index >= 15 is 0 Å². The second-order valence-electron chi connectivity index (χ2n) is 2.97. The molecule has 6 nitrogen and oxygen atoms in total. The first kappa shape index (κ1) is 11.2. The molecule has 0 aromatic heterocycles. The molecule has 0 unspecified atom stereocenters. The van der Waals surface area contributed by atoms with Crippen LogP contribution in [0.25, 0.3) is 0 Å². The highest BCUT2D eigenvalue weighted by atomic mass is 16.5. The van der Waals surface area contributed by atoms with E-state index in [4.69, 9.17) is 4.74 Å².